The van der Waals surface area contributed by atoms with E-state index in [1.807, 2.05) is 45.9 Å². The van der Waals surface area contributed by atoms with Gasteiger partial charge >= 0.3 is 6.09 Å². The molecule has 0 bridgehead atoms. The highest BCUT2D eigenvalue weighted by Gasteiger charge is 2.22. The second kappa shape index (κ2) is 11.1. The van der Waals surface area contributed by atoms with Crippen LogP contribution in [-0.2, 0) is 5.41 Å². The number of hydrogen-bond donors (Lipinski definition) is 2. The largest absolute Gasteiger partial charge is 0.493 e. The molecule has 0 spiro atoms. The van der Waals surface area contributed by atoms with Crippen molar-refractivity contribution in [3.05, 3.63) is 53.2 Å². The molecule has 204 valence electrons. The van der Waals surface area contributed by atoms with Crippen LogP contribution in [0.4, 0.5) is 10.5 Å². The maximum absolute atomic E-state index is 13.3. The van der Waals surface area contributed by atoms with Crippen molar-refractivity contribution in [1.82, 2.24) is 20.3 Å². The smallest absolute Gasteiger partial charge is 0.414 e. The number of ether oxygens (including phenoxy) is 3. The molecular formula is C28H37N5O5. The Hall–Kier alpha value is -4.08. The number of methoxy groups -OCH3 is 2. The highest BCUT2D eigenvalue weighted by Crippen LogP contribution is 2.40. The minimum atomic E-state index is -0.612. The molecule has 1 aromatic heterocycles. The summed E-state index contributed by atoms with van der Waals surface area (Å²) in [6.45, 7) is 14.6. The van der Waals surface area contributed by atoms with E-state index in [2.05, 4.69) is 41.7 Å². The fourth-order valence-electron chi connectivity index (χ4n) is 3.56. The maximum Gasteiger partial charge on any atom is 0.414 e. The number of aromatic nitrogens is 3. The van der Waals surface area contributed by atoms with E-state index in [9.17, 15) is 9.59 Å². The zero-order chi connectivity index (χ0) is 28.3. The summed E-state index contributed by atoms with van der Waals surface area (Å²) in [6.07, 6.45) is 0.875. The van der Waals surface area contributed by atoms with Crippen LogP contribution in [0.25, 0.3) is 5.69 Å². The fraction of sp³-hybridized carbons (Fsp3) is 0.429. The third kappa shape index (κ3) is 7.02. The number of aryl methyl sites for hydroxylation is 1. The minimum Gasteiger partial charge on any atom is -0.493 e. The van der Waals surface area contributed by atoms with Gasteiger partial charge in [0.1, 0.15) is 0 Å². The van der Waals surface area contributed by atoms with Crippen LogP contribution in [0.5, 0.6) is 17.4 Å². The molecule has 3 rings (SSSR count). The van der Waals surface area contributed by atoms with Crippen molar-refractivity contribution in [2.75, 3.05) is 26.1 Å². The predicted octanol–water partition coefficient (Wildman–Crippen LogP) is 5.28. The lowest BCUT2D eigenvalue weighted by Gasteiger charge is -2.23. The highest BCUT2D eigenvalue weighted by atomic mass is 16.6. The molecule has 0 saturated carbocycles. The minimum absolute atomic E-state index is 0.0430. The monoisotopic (exact) mass is 523 g/mol. The molecule has 0 saturated heterocycles. The summed E-state index contributed by atoms with van der Waals surface area (Å²) in [5.74, 6) is 0.669. The van der Waals surface area contributed by atoms with Crippen LogP contribution >= 0.6 is 0 Å². The van der Waals surface area contributed by atoms with Crippen molar-refractivity contribution >= 4 is 17.7 Å². The normalized spacial score (nSPS) is 11.6. The first-order valence-corrected chi connectivity index (χ1v) is 12.3. The zero-order valence-corrected chi connectivity index (χ0v) is 23.6. The standard InChI is InChI=1S/C28H37N5O5/c1-17-10-11-18(12-21(17)33-15-23(31-32-33)38-26(35)29-16-27(2,3)4)25(34)30-20-13-19(28(5,6)7)14-22(36-8)24(20)37-9/h10-15H,16H2,1-9H3,(H,29,35)(H,30,34). The van der Waals surface area contributed by atoms with Gasteiger partial charge in [-0.3, -0.25) is 4.79 Å². The number of carbonyl (C=O) groups is 2. The van der Waals surface area contributed by atoms with Crippen molar-refractivity contribution in [3.63, 3.8) is 0 Å². The van der Waals surface area contributed by atoms with Gasteiger partial charge in [0.2, 0.25) is 0 Å². The first-order valence-electron chi connectivity index (χ1n) is 12.3. The average Bonchev–Trinajstić information content (AvgIpc) is 3.29. The fourth-order valence-corrected chi connectivity index (χ4v) is 3.56. The van der Waals surface area contributed by atoms with Gasteiger partial charge < -0.3 is 24.8 Å². The summed E-state index contributed by atoms with van der Waals surface area (Å²) in [6, 6.07) is 9.03. The van der Waals surface area contributed by atoms with Crippen LogP contribution in [0, 0.1) is 12.3 Å². The topological polar surface area (TPSA) is 117 Å². The van der Waals surface area contributed by atoms with Gasteiger partial charge in [-0.05, 0) is 53.1 Å². The van der Waals surface area contributed by atoms with Crippen LogP contribution in [0.2, 0.25) is 0 Å². The van der Waals surface area contributed by atoms with Gasteiger partial charge in [-0.2, -0.15) is 0 Å². The Morgan fingerprint density at radius 2 is 1.71 bits per heavy atom. The Morgan fingerprint density at radius 3 is 2.32 bits per heavy atom. The maximum atomic E-state index is 13.3. The van der Waals surface area contributed by atoms with Gasteiger partial charge in [0.15, 0.2) is 11.5 Å². The van der Waals surface area contributed by atoms with Crippen molar-refractivity contribution < 1.29 is 23.8 Å². The molecule has 2 N–H and O–H groups in total. The molecule has 0 fully saturated rings. The van der Waals surface area contributed by atoms with Crippen LogP contribution < -0.4 is 24.8 Å². The molecule has 10 nitrogen and oxygen atoms in total. The summed E-state index contributed by atoms with van der Waals surface area (Å²) >= 11 is 0. The number of amides is 2. The van der Waals surface area contributed by atoms with Gasteiger partial charge in [0.05, 0.1) is 31.8 Å². The first-order chi connectivity index (χ1) is 17.7. The number of benzene rings is 2. The third-order valence-electron chi connectivity index (χ3n) is 5.74. The van der Waals surface area contributed by atoms with Gasteiger partial charge in [0.25, 0.3) is 11.8 Å². The Labute approximate surface area is 223 Å². The molecule has 38 heavy (non-hydrogen) atoms. The lowest BCUT2D eigenvalue weighted by molar-refractivity contribution is 0.102. The molecule has 0 aliphatic heterocycles. The van der Waals surface area contributed by atoms with Crippen LogP contribution in [0.15, 0.2) is 36.5 Å². The van der Waals surface area contributed by atoms with Crippen LogP contribution in [-0.4, -0.2) is 47.8 Å². The summed E-state index contributed by atoms with van der Waals surface area (Å²) < 4.78 is 17.8. The van der Waals surface area contributed by atoms with E-state index >= 15 is 0 Å². The summed E-state index contributed by atoms with van der Waals surface area (Å²) in [5.41, 5.74) is 3.09. The predicted molar refractivity (Wildman–Crippen MR) is 146 cm³/mol. The summed E-state index contributed by atoms with van der Waals surface area (Å²) in [7, 11) is 3.09. The number of rotatable bonds is 7. The molecule has 3 aromatic rings. The SMILES string of the molecule is COc1cc(C(C)(C)C)cc(NC(=O)c2ccc(C)c(-n3cc(OC(=O)NCC(C)(C)C)nn3)c2)c1OC. The third-order valence-corrected chi connectivity index (χ3v) is 5.74. The lowest BCUT2D eigenvalue weighted by atomic mass is 9.86. The Balaban J connectivity index is 1.85. The van der Waals surface area contributed by atoms with E-state index in [1.165, 1.54) is 18.0 Å². The van der Waals surface area contributed by atoms with Crippen LogP contribution in [0.1, 0.15) is 63.0 Å². The molecule has 0 radical (unpaired) electrons. The molecule has 0 atom stereocenters. The number of nitrogens with zero attached hydrogens (tertiary/aromatic N) is 3. The molecule has 0 unspecified atom stereocenters. The molecule has 0 aliphatic carbocycles. The molecule has 2 amide bonds. The summed E-state index contributed by atoms with van der Waals surface area (Å²) in [5, 5.41) is 13.7. The molecule has 10 heteroatoms. The molecular weight excluding hydrogens is 486 g/mol. The Morgan fingerprint density at radius 1 is 1.00 bits per heavy atom. The zero-order valence-electron chi connectivity index (χ0n) is 23.6. The summed E-state index contributed by atoms with van der Waals surface area (Å²) in [4.78, 5) is 25.4. The van der Waals surface area contributed by atoms with Crippen molar-refractivity contribution in [3.8, 4) is 23.1 Å². The number of hydrogen-bond acceptors (Lipinski definition) is 7. The Kier molecular flexibility index (Phi) is 8.34. The van der Waals surface area contributed by atoms with E-state index in [4.69, 9.17) is 14.2 Å². The van der Waals surface area contributed by atoms with Gasteiger partial charge in [-0.15, -0.1) is 0 Å². The second-order valence-electron chi connectivity index (χ2n) is 11.3. The number of anilines is 1. The van der Waals surface area contributed by atoms with E-state index in [-0.39, 0.29) is 22.6 Å². The highest BCUT2D eigenvalue weighted by molar-refractivity contribution is 6.05. The van der Waals surface area contributed by atoms with E-state index in [1.54, 1.807) is 19.2 Å². The quantitative estimate of drug-likeness (QED) is 0.433. The van der Waals surface area contributed by atoms with Crippen LogP contribution in [0.3, 0.4) is 0 Å². The second-order valence-corrected chi connectivity index (χ2v) is 11.3. The lowest BCUT2D eigenvalue weighted by Crippen LogP contribution is -2.34. The van der Waals surface area contributed by atoms with E-state index in [0.29, 0.717) is 35.0 Å². The van der Waals surface area contributed by atoms with E-state index in [0.717, 1.165) is 11.1 Å². The average molecular weight is 524 g/mol. The number of carbonyl (C=O) groups excluding carboxylic acids is 2. The van der Waals surface area contributed by atoms with E-state index < -0.39 is 6.09 Å². The molecule has 0 aliphatic rings. The molecule has 1 heterocycles. The number of nitrogens with one attached hydrogen (secondary N) is 2. The first kappa shape index (κ1) is 28.5. The van der Waals surface area contributed by atoms with Gasteiger partial charge in [-0.25, -0.2) is 9.48 Å². The molecule has 2 aromatic carbocycles. The van der Waals surface area contributed by atoms with Gasteiger partial charge in [-0.1, -0.05) is 57.9 Å². The van der Waals surface area contributed by atoms with Crippen molar-refractivity contribution in [1.29, 1.82) is 0 Å². The van der Waals surface area contributed by atoms with Gasteiger partial charge in [0, 0.05) is 12.1 Å². The Bertz CT molecular complexity index is 1320. The van der Waals surface area contributed by atoms with Crippen molar-refractivity contribution in [2.45, 2.75) is 53.9 Å². The van der Waals surface area contributed by atoms with Crippen molar-refractivity contribution in [2.24, 2.45) is 5.41 Å².